The standard InChI is InChI=1S/C27H27F4N5O/c1-16-15-35(10-11-36(16)25-13-23(27(29,30)31)22(14-32-25)17(2)37)26-21-5-3-4-20(21)24(33-34-26)12-18-6-8-19(28)9-7-18/h6-9,13-14,16H,3-5,10-12,15H2,1-2H3. The van der Waals surface area contributed by atoms with Gasteiger partial charge in [0.2, 0.25) is 0 Å². The van der Waals surface area contributed by atoms with Crippen LogP contribution in [-0.2, 0) is 25.4 Å². The van der Waals surface area contributed by atoms with Crippen LogP contribution >= 0.6 is 0 Å². The molecule has 0 radical (unpaired) electrons. The summed E-state index contributed by atoms with van der Waals surface area (Å²) >= 11 is 0. The summed E-state index contributed by atoms with van der Waals surface area (Å²) in [6, 6.07) is 7.24. The lowest BCUT2D eigenvalue weighted by Crippen LogP contribution is -2.53. The van der Waals surface area contributed by atoms with Crippen molar-refractivity contribution < 1.29 is 22.4 Å². The lowest BCUT2D eigenvalue weighted by molar-refractivity contribution is -0.137. The first-order valence-corrected chi connectivity index (χ1v) is 12.3. The Morgan fingerprint density at radius 3 is 2.49 bits per heavy atom. The van der Waals surface area contributed by atoms with Crippen LogP contribution in [0.25, 0.3) is 0 Å². The van der Waals surface area contributed by atoms with E-state index in [0.29, 0.717) is 26.1 Å². The highest BCUT2D eigenvalue weighted by atomic mass is 19.4. The summed E-state index contributed by atoms with van der Waals surface area (Å²) in [5, 5.41) is 9.12. The Bertz CT molecular complexity index is 1330. The molecule has 0 amide bonds. The molecule has 0 spiro atoms. The number of Topliss-reactive ketones (excluding diaryl/α,β-unsaturated/α-hetero) is 1. The van der Waals surface area contributed by atoms with Gasteiger partial charge in [-0.25, -0.2) is 9.37 Å². The van der Waals surface area contributed by atoms with Crippen LogP contribution in [0.5, 0.6) is 0 Å². The van der Waals surface area contributed by atoms with Gasteiger partial charge in [-0.15, -0.1) is 5.10 Å². The number of carbonyl (C=O) groups is 1. The van der Waals surface area contributed by atoms with Gasteiger partial charge in [0, 0.05) is 49.4 Å². The number of carbonyl (C=O) groups excluding carboxylic acids is 1. The number of alkyl halides is 3. The van der Waals surface area contributed by atoms with Crippen LogP contribution in [0.15, 0.2) is 36.5 Å². The lowest BCUT2D eigenvalue weighted by Gasteiger charge is -2.41. The molecule has 6 nitrogen and oxygen atoms in total. The number of benzene rings is 1. The molecule has 5 rings (SSSR count). The maximum atomic E-state index is 13.6. The van der Waals surface area contributed by atoms with E-state index in [2.05, 4.69) is 20.1 Å². The Hall–Kier alpha value is -3.56. The van der Waals surface area contributed by atoms with Gasteiger partial charge in [-0.05, 0) is 62.4 Å². The molecule has 0 N–H and O–H groups in total. The average molecular weight is 514 g/mol. The number of halogens is 4. The zero-order chi connectivity index (χ0) is 26.3. The van der Waals surface area contributed by atoms with E-state index in [1.807, 2.05) is 11.8 Å². The maximum Gasteiger partial charge on any atom is 0.417 e. The van der Waals surface area contributed by atoms with Gasteiger partial charge >= 0.3 is 6.18 Å². The minimum absolute atomic E-state index is 0.136. The Kier molecular flexibility index (Phi) is 6.59. The zero-order valence-corrected chi connectivity index (χ0v) is 20.6. The van der Waals surface area contributed by atoms with Crippen molar-refractivity contribution in [1.82, 2.24) is 15.2 Å². The molecule has 0 saturated carbocycles. The van der Waals surface area contributed by atoms with Crippen molar-refractivity contribution in [2.24, 2.45) is 0 Å². The third-order valence-corrected chi connectivity index (χ3v) is 7.18. The number of aromatic nitrogens is 3. The number of anilines is 2. The lowest BCUT2D eigenvalue weighted by atomic mass is 10.0. The Morgan fingerprint density at radius 1 is 1.08 bits per heavy atom. The van der Waals surface area contributed by atoms with Crippen LogP contribution in [0.1, 0.15) is 58.6 Å². The van der Waals surface area contributed by atoms with Gasteiger partial charge in [0.05, 0.1) is 11.3 Å². The van der Waals surface area contributed by atoms with E-state index in [9.17, 15) is 22.4 Å². The Balaban J connectivity index is 1.36. The number of fused-ring (bicyclic) bond motifs is 1. The maximum absolute atomic E-state index is 13.6. The molecule has 2 aromatic heterocycles. The molecule has 2 aliphatic rings. The fourth-order valence-electron chi connectivity index (χ4n) is 5.34. The molecule has 0 bridgehead atoms. The number of pyridine rings is 1. The molecule has 37 heavy (non-hydrogen) atoms. The molecule has 10 heteroatoms. The Labute approximate surface area is 212 Å². The molecule has 1 atom stereocenters. The molecule has 194 valence electrons. The second kappa shape index (κ2) is 9.72. The van der Waals surface area contributed by atoms with Gasteiger partial charge in [0.15, 0.2) is 11.6 Å². The highest BCUT2D eigenvalue weighted by Gasteiger charge is 2.37. The highest BCUT2D eigenvalue weighted by Crippen LogP contribution is 2.36. The van der Waals surface area contributed by atoms with E-state index < -0.39 is 23.1 Å². The minimum Gasteiger partial charge on any atom is -0.351 e. The van der Waals surface area contributed by atoms with Gasteiger partial charge in [0.1, 0.15) is 11.6 Å². The highest BCUT2D eigenvalue weighted by molar-refractivity contribution is 5.95. The quantitative estimate of drug-likeness (QED) is 0.353. The van der Waals surface area contributed by atoms with E-state index in [-0.39, 0.29) is 17.7 Å². The summed E-state index contributed by atoms with van der Waals surface area (Å²) in [7, 11) is 0. The second-order valence-corrected chi connectivity index (χ2v) is 9.71. The van der Waals surface area contributed by atoms with Crippen LogP contribution in [0, 0.1) is 5.82 Å². The molecule has 1 aliphatic carbocycles. The largest absolute Gasteiger partial charge is 0.417 e. The summed E-state index contributed by atoms with van der Waals surface area (Å²) in [6.45, 7) is 4.61. The van der Waals surface area contributed by atoms with Crippen molar-refractivity contribution in [2.45, 2.75) is 51.7 Å². The van der Waals surface area contributed by atoms with Crippen molar-refractivity contribution in [3.63, 3.8) is 0 Å². The van der Waals surface area contributed by atoms with Crippen molar-refractivity contribution >= 4 is 17.4 Å². The topological polar surface area (TPSA) is 62.2 Å². The minimum atomic E-state index is -4.64. The average Bonchev–Trinajstić information content (AvgIpc) is 3.35. The number of hydrogen-bond donors (Lipinski definition) is 0. The van der Waals surface area contributed by atoms with Crippen molar-refractivity contribution in [3.05, 3.63) is 75.9 Å². The molecule has 1 aromatic carbocycles. The van der Waals surface area contributed by atoms with E-state index >= 15 is 0 Å². The smallest absolute Gasteiger partial charge is 0.351 e. The Morgan fingerprint density at radius 2 is 1.81 bits per heavy atom. The SMILES string of the molecule is CC(=O)c1cnc(N2CCN(c3nnc(Cc4ccc(F)cc4)c4c3CCC4)CC2C)cc1C(F)(F)F. The molecule has 1 unspecified atom stereocenters. The normalized spacial score (nSPS) is 17.7. The second-order valence-electron chi connectivity index (χ2n) is 9.71. The first kappa shape index (κ1) is 25.1. The van der Waals surface area contributed by atoms with Gasteiger partial charge in [-0.1, -0.05) is 12.1 Å². The summed E-state index contributed by atoms with van der Waals surface area (Å²) in [5.74, 6) is 0.0935. The number of nitrogens with zero attached hydrogens (tertiary/aromatic N) is 5. The van der Waals surface area contributed by atoms with Crippen molar-refractivity contribution in [1.29, 1.82) is 0 Å². The van der Waals surface area contributed by atoms with Crippen LogP contribution in [0.4, 0.5) is 29.2 Å². The summed E-state index contributed by atoms with van der Waals surface area (Å²) in [4.78, 5) is 19.9. The third kappa shape index (κ3) is 5.01. The molecular weight excluding hydrogens is 486 g/mol. The number of piperazine rings is 1. The van der Waals surface area contributed by atoms with Crippen LogP contribution in [0.3, 0.4) is 0 Å². The molecular formula is C27H27F4N5O. The van der Waals surface area contributed by atoms with Gasteiger partial charge in [0.25, 0.3) is 0 Å². The molecule has 3 heterocycles. The first-order valence-electron chi connectivity index (χ1n) is 12.3. The van der Waals surface area contributed by atoms with Gasteiger partial charge in [-0.2, -0.15) is 18.3 Å². The van der Waals surface area contributed by atoms with E-state index in [1.165, 1.54) is 23.3 Å². The molecule has 1 fully saturated rings. The first-order chi connectivity index (χ1) is 17.6. The molecule has 3 aromatic rings. The van der Waals surface area contributed by atoms with Crippen molar-refractivity contribution in [3.8, 4) is 0 Å². The molecule has 1 aliphatic heterocycles. The number of ketones is 1. The third-order valence-electron chi connectivity index (χ3n) is 7.18. The van der Waals surface area contributed by atoms with E-state index in [0.717, 1.165) is 55.5 Å². The zero-order valence-electron chi connectivity index (χ0n) is 20.6. The predicted octanol–water partition coefficient (Wildman–Crippen LogP) is 5.03. The summed E-state index contributed by atoms with van der Waals surface area (Å²) in [5.41, 5.74) is 2.87. The van der Waals surface area contributed by atoms with Crippen LogP contribution in [-0.4, -0.2) is 46.6 Å². The monoisotopic (exact) mass is 513 g/mol. The van der Waals surface area contributed by atoms with Gasteiger partial charge in [-0.3, -0.25) is 4.79 Å². The summed E-state index contributed by atoms with van der Waals surface area (Å²) < 4.78 is 54.1. The van der Waals surface area contributed by atoms with E-state index in [1.54, 1.807) is 12.1 Å². The fourth-order valence-corrected chi connectivity index (χ4v) is 5.34. The number of rotatable bonds is 5. The van der Waals surface area contributed by atoms with Gasteiger partial charge < -0.3 is 9.80 Å². The summed E-state index contributed by atoms with van der Waals surface area (Å²) in [6.07, 6.45) is -0.212. The molecule has 1 saturated heterocycles. The fraction of sp³-hybridized carbons (Fsp3) is 0.407. The number of hydrogen-bond acceptors (Lipinski definition) is 6. The van der Waals surface area contributed by atoms with E-state index in [4.69, 9.17) is 0 Å². The van der Waals surface area contributed by atoms with Crippen LogP contribution < -0.4 is 9.80 Å². The van der Waals surface area contributed by atoms with Crippen LogP contribution in [0.2, 0.25) is 0 Å². The van der Waals surface area contributed by atoms with Crippen molar-refractivity contribution in [2.75, 3.05) is 29.4 Å². The predicted molar refractivity (Wildman–Crippen MR) is 132 cm³/mol.